The van der Waals surface area contributed by atoms with Crippen molar-refractivity contribution >= 4 is 82.6 Å². The van der Waals surface area contributed by atoms with E-state index in [1.54, 1.807) is 0 Å². The average molecular weight is 1300 g/mol. The van der Waals surface area contributed by atoms with Crippen molar-refractivity contribution in [2.24, 2.45) is 5.10 Å². The molecular formula is C80H54AuN6-2. The second kappa shape index (κ2) is 22.7. The van der Waals surface area contributed by atoms with E-state index in [9.17, 15) is 0 Å². The molecule has 0 spiro atoms. The van der Waals surface area contributed by atoms with Gasteiger partial charge in [0.05, 0.1) is 22.1 Å². The fourth-order valence-electron chi connectivity index (χ4n) is 12.9. The van der Waals surface area contributed by atoms with Crippen LogP contribution in [0, 0.1) is 6.67 Å². The molecule has 6 nitrogen and oxygen atoms in total. The van der Waals surface area contributed by atoms with Gasteiger partial charge in [-0.2, -0.15) is 5.10 Å². The molecule has 4 heterocycles. The van der Waals surface area contributed by atoms with E-state index in [4.69, 9.17) is 5.10 Å². The monoisotopic (exact) mass is 1300 g/mol. The van der Waals surface area contributed by atoms with Crippen LogP contribution >= 0.6 is 0 Å². The predicted octanol–water partition coefficient (Wildman–Crippen LogP) is 20.3. The van der Waals surface area contributed by atoms with Gasteiger partial charge >= 0.3 is 0 Å². The van der Waals surface area contributed by atoms with Crippen LogP contribution in [0.1, 0.15) is 5.56 Å². The number of fused-ring (bicyclic) bond motifs is 9. The van der Waals surface area contributed by atoms with Gasteiger partial charge in [-0.1, -0.05) is 279 Å². The van der Waals surface area contributed by atoms with Crippen LogP contribution in [-0.4, -0.2) is 15.0 Å². The second-order valence-corrected chi connectivity index (χ2v) is 21.7. The maximum atomic E-state index is 5.92. The molecule has 0 bridgehead atoms. The Kier molecular flexibility index (Phi) is 13.8. The summed E-state index contributed by atoms with van der Waals surface area (Å²) in [6.45, 7) is 2.21. The number of benzene rings is 13. The van der Waals surface area contributed by atoms with Gasteiger partial charge in [-0.25, -0.2) is 0 Å². The van der Waals surface area contributed by atoms with Crippen molar-refractivity contribution in [3.8, 4) is 55.9 Å². The molecule has 1 aliphatic rings. The number of hydrazone groups is 1. The van der Waals surface area contributed by atoms with E-state index in [-0.39, 0.29) is 22.4 Å². The minimum absolute atomic E-state index is 0. The molecule has 0 N–H and O–H groups in total. The molecule has 0 saturated heterocycles. The molecule has 0 aliphatic carbocycles. The molecule has 1 radical (unpaired) electrons. The topological polar surface area (TPSA) is 42.8 Å². The van der Waals surface area contributed by atoms with Gasteiger partial charge in [-0.3, -0.25) is 0 Å². The molecule has 13 aromatic carbocycles. The van der Waals surface area contributed by atoms with Gasteiger partial charge in [-0.15, -0.1) is 17.7 Å². The Morgan fingerprint density at radius 1 is 0.276 bits per heavy atom. The van der Waals surface area contributed by atoms with E-state index >= 15 is 0 Å². The summed E-state index contributed by atoms with van der Waals surface area (Å²) in [5.41, 5.74) is 20.5. The van der Waals surface area contributed by atoms with E-state index in [1.165, 1.54) is 32.3 Å². The van der Waals surface area contributed by atoms with E-state index in [2.05, 4.69) is 340 Å². The number of para-hydroxylation sites is 8. The van der Waals surface area contributed by atoms with Crippen LogP contribution in [0.4, 0.5) is 11.4 Å². The molecule has 0 atom stereocenters. The number of amidine groups is 1. The SMILES string of the molecule is [Au].c1ccc(-c2cccc(-c3ccccc3)c2N2[CH-]N(c3c(-c4ccccc4)cccc3-c3ccccc3)C(c3cc(-n4c5ccccc5c5ccccc54)cc(-n4c5ccccc5c5ccccc54)c3)=N2)cc1.c1ccc2c(c1)[n-]c1ccccc12. The van der Waals surface area contributed by atoms with Crippen molar-refractivity contribution in [1.29, 1.82) is 0 Å². The van der Waals surface area contributed by atoms with Gasteiger partial charge in [0.1, 0.15) is 5.84 Å². The Hall–Kier alpha value is -10.7. The number of anilines is 2. The minimum Gasteiger partial charge on any atom is -0.657 e. The van der Waals surface area contributed by atoms with Crippen molar-refractivity contribution in [3.63, 3.8) is 0 Å². The summed E-state index contributed by atoms with van der Waals surface area (Å²) in [4.78, 5) is 6.86. The van der Waals surface area contributed by atoms with Gasteiger partial charge in [-0.05, 0) is 75.5 Å². The first-order chi connectivity index (χ1) is 42.7. The zero-order valence-corrected chi connectivity index (χ0v) is 49.3. The number of hydrogen-bond donors (Lipinski definition) is 0. The van der Waals surface area contributed by atoms with Crippen molar-refractivity contribution in [1.82, 2.24) is 14.1 Å². The molecule has 0 fully saturated rings. The standard InChI is InChI=1S/C68H46N5.C12H8N.Au/c1-5-23-47(24-6-1)54-35-21-36-55(48-25-7-2-8-26-48)66(54)70-46-71(67-56(49-27-9-3-10-28-49)37-22-38-57(67)50-29-11-4-12-30-50)69-68(70)51-43-52(72-62-39-17-13-31-58(62)59-32-14-18-40-63(59)72)45-53(44-51)73-64-41-19-15-33-60(64)61-34-16-20-42-65(61)73;1-3-7-11-9(5-1)10-6-2-4-8-12(10)13-11;/h1-46H;1-8H;/q2*-1;. The van der Waals surface area contributed by atoms with Gasteiger partial charge in [0.15, 0.2) is 0 Å². The van der Waals surface area contributed by atoms with Crippen LogP contribution in [0.25, 0.3) is 121 Å². The molecule has 417 valence electrons. The van der Waals surface area contributed by atoms with Crippen LogP contribution in [-0.2, 0) is 22.4 Å². The van der Waals surface area contributed by atoms with Crippen molar-refractivity contribution in [3.05, 3.63) is 334 Å². The van der Waals surface area contributed by atoms with Gasteiger partial charge in [0, 0.05) is 94.5 Å². The first-order valence-electron chi connectivity index (χ1n) is 29.2. The van der Waals surface area contributed by atoms with Crippen LogP contribution in [0.5, 0.6) is 0 Å². The summed E-state index contributed by atoms with van der Waals surface area (Å²) in [6, 6.07) is 115. The average Bonchev–Trinajstić information content (AvgIpc) is 1.96. The largest absolute Gasteiger partial charge is 0.657 e. The van der Waals surface area contributed by atoms with Crippen molar-refractivity contribution < 1.29 is 22.4 Å². The van der Waals surface area contributed by atoms with E-state index in [0.29, 0.717) is 0 Å². The predicted molar refractivity (Wildman–Crippen MR) is 360 cm³/mol. The van der Waals surface area contributed by atoms with Crippen molar-refractivity contribution in [2.45, 2.75) is 0 Å². The quantitative estimate of drug-likeness (QED) is 0.107. The fraction of sp³-hybridized carbons (Fsp3) is 0. The Bertz CT molecular complexity index is 4820. The molecule has 1 aliphatic heterocycles. The fourth-order valence-corrected chi connectivity index (χ4v) is 12.9. The summed E-state index contributed by atoms with van der Waals surface area (Å²) >= 11 is 0. The first-order valence-corrected chi connectivity index (χ1v) is 29.2. The summed E-state index contributed by atoms with van der Waals surface area (Å²) in [5.74, 6) is 0.784. The normalized spacial score (nSPS) is 12.3. The first kappa shape index (κ1) is 53.0. The number of aromatic nitrogens is 3. The van der Waals surface area contributed by atoms with E-state index in [1.807, 2.05) is 12.1 Å². The number of nitrogens with zero attached hydrogens (tertiary/aromatic N) is 6. The van der Waals surface area contributed by atoms with Crippen molar-refractivity contribution in [2.75, 3.05) is 9.91 Å². The second-order valence-electron chi connectivity index (χ2n) is 21.7. The van der Waals surface area contributed by atoms with Gasteiger partial charge < -0.3 is 24.0 Å². The third kappa shape index (κ3) is 9.41. The maximum absolute atomic E-state index is 5.92. The summed E-state index contributed by atoms with van der Waals surface area (Å²) in [6.07, 6.45) is 0. The number of rotatable bonds is 9. The summed E-state index contributed by atoms with van der Waals surface area (Å²) < 4.78 is 4.86. The zero-order valence-electron chi connectivity index (χ0n) is 47.2. The Morgan fingerprint density at radius 2 is 0.586 bits per heavy atom. The molecule has 7 heteroatoms. The Labute approximate surface area is 520 Å². The van der Waals surface area contributed by atoms with Crippen LogP contribution < -0.4 is 14.9 Å². The van der Waals surface area contributed by atoms with E-state index < -0.39 is 0 Å². The Morgan fingerprint density at radius 3 is 0.954 bits per heavy atom. The minimum atomic E-state index is 0. The summed E-state index contributed by atoms with van der Waals surface area (Å²) in [5, 5.41) is 15.4. The molecule has 0 saturated carbocycles. The smallest absolute Gasteiger partial charge is 0.130 e. The number of hydrogen-bond acceptors (Lipinski definition) is 3. The maximum Gasteiger partial charge on any atom is 0.130 e. The van der Waals surface area contributed by atoms with Crippen LogP contribution in [0.3, 0.4) is 0 Å². The zero-order chi connectivity index (χ0) is 56.9. The van der Waals surface area contributed by atoms with Gasteiger partial charge in [0.2, 0.25) is 0 Å². The Balaban J connectivity index is 0.000000401. The molecule has 0 unspecified atom stereocenters. The molecular weight excluding hydrogens is 1240 g/mol. The van der Waals surface area contributed by atoms with Gasteiger partial charge in [0.25, 0.3) is 0 Å². The molecule has 0 amide bonds. The third-order valence-electron chi connectivity index (χ3n) is 16.7. The van der Waals surface area contributed by atoms with Crippen LogP contribution in [0.2, 0.25) is 0 Å². The third-order valence-corrected chi connectivity index (χ3v) is 16.7. The summed E-state index contributed by atoms with van der Waals surface area (Å²) in [7, 11) is 0. The molecule has 3 aromatic heterocycles. The van der Waals surface area contributed by atoms with E-state index in [0.717, 1.165) is 112 Å². The molecule has 87 heavy (non-hydrogen) atoms. The van der Waals surface area contributed by atoms with Crippen LogP contribution in [0.15, 0.2) is 327 Å². The molecule has 16 aromatic rings. The molecule has 17 rings (SSSR count).